The Balaban J connectivity index is 1.84. The van der Waals surface area contributed by atoms with Gasteiger partial charge in [0.05, 0.1) is 28.1 Å². The van der Waals surface area contributed by atoms with Crippen LogP contribution in [0.1, 0.15) is 67.1 Å². The molecular weight excluding hydrogens is 322 g/mol. The van der Waals surface area contributed by atoms with Crippen molar-refractivity contribution in [1.82, 2.24) is 19.6 Å². The first-order valence-electron chi connectivity index (χ1n) is 8.61. The van der Waals surface area contributed by atoms with Gasteiger partial charge in [0.1, 0.15) is 0 Å². The molecule has 1 aliphatic heterocycles. The van der Waals surface area contributed by atoms with E-state index in [1.165, 1.54) is 19.3 Å². The molecule has 0 amide bonds. The van der Waals surface area contributed by atoms with Crippen LogP contribution in [-0.4, -0.2) is 24.6 Å². The van der Waals surface area contributed by atoms with Crippen molar-refractivity contribution < 1.29 is 0 Å². The standard InChI is InChI=1S/C17H23N5OS/c1-10-13(9-18-21(10)3)15-14-16(19-11(2)24-15)22(20-17(14)23)12-7-5-4-6-8-12/h9,12,15H,4-8H2,1-3H3,(H,20,23). The van der Waals surface area contributed by atoms with Crippen molar-refractivity contribution in [3.05, 3.63) is 33.4 Å². The molecule has 1 unspecified atom stereocenters. The quantitative estimate of drug-likeness (QED) is 0.904. The van der Waals surface area contributed by atoms with E-state index >= 15 is 0 Å². The van der Waals surface area contributed by atoms with E-state index in [1.807, 2.05) is 29.5 Å². The van der Waals surface area contributed by atoms with Crippen LogP contribution in [0.3, 0.4) is 0 Å². The average molecular weight is 345 g/mol. The molecular formula is C17H23N5OS. The molecule has 0 bridgehead atoms. The van der Waals surface area contributed by atoms with Gasteiger partial charge in [0.25, 0.3) is 5.56 Å². The normalized spacial score (nSPS) is 21.6. The molecule has 24 heavy (non-hydrogen) atoms. The maximum absolute atomic E-state index is 12.7. The molecule has 1 atom stereocenters. The van der Waals surface area contributed by atoms with Crippen LogP contribution < -0.4 is 5.56 Å². The molecule has 2 aromatic heterocycles. The van der Waals surface area contributed by atoms with E-state index in [1.54, 1.807) is 11.8 Å². The van der Waals surface area contributed by atoms with Crippen LogP contribution in [0.25, 0.3) is 0 Å². The highest BCUT2D eigenvalue weighted by Gasteiger charge is 2.33. The second-order valence-corrected chi connectivity index (χ2v) is 8.08. The zero-order valence-corrected chi connectivity index (χ0v) is 15.2. The molecule has 1 saturated carbocycles. The molecule has 1 fully saturated rings. The van der Waals surface area contributed by atoms with E-state index in [0.717, 1.165) is 40.5 Å². The van der Waals surface area contributed by atoms with E-state index < -0.39 is 0 Å². The number of aryl methyl sites for hydroxylation is 1. The lowest BCUT2D eigenvalue weighted by Crippen LogP contribution is -2.16. The summed E-state index contributed by atoms with van der Waals surface area (Å²) in [6.45, 7) is 4.07. The predicted octanol–water partition coefficient (Wildman–Crippen LogP) is 3.61. The van der Waals surface area contributed by atoms with E-state index in [-0.39, 0.29) is 10.8 Å². The van der Waals surface area contributed by atoms with Crippen molar-refractivity contribution >= 4 is 22.6 Å². The summed E-state index contributed by atoms with van der Waals surface area (Å²) in [7, 11) is 1.94. The molecule has 1 N–H and O–H groups in total. The molecule has 0 radical (unpaired) electrons. The fraction of sp³-hybridized carbons (Fsp3) is 0.588. The Morgan fingerprint density at radius 2 is 2.00 bits per heavy atom. The van der Waals surface area contributed by atoms with Gasteiger partial charge in [-0.1, -0.05) is 31.0 Å². The topological polar surface area (TPSA) is 68.0 Å². The van der Waals surface area contributed by atoms with Gasteiger partial charge in [0.15, 0.2) is 5.82 Å². The molecule has 2 aromatic rings. The van der Waals surface area contributed by atoms with Crippen molar-refractivity contribution in [2.75, 3.05) is 0 Å². The number of hydrogen-bond acceptors (Lipinski definition) is 4. The average Bonchev–Trinajstić information content (AvgIpc) is 3.08. The van der Waals surface area contributed by atoms with E-state index in [9.17, 15) is 4.79 Å². The number of aliphatic imine (C=N–C) groups is 1. The molecule has 0 spiro atoms. The fourth-order valence-corrected chi connectivity index (χ4v) is 4.97. The highest BCUT2D eigenvalue weighted by molar-refractivity contribution is 8.14. The van der Waals surface area contributed by atoms with E-state index in [0.29, 0.717) is 6.04 Å². The SMILES string of the molecule is CC1=Nc2c(c(=O)[nH]n2C2CCCCC2)C(c2cnn(C)c2C)S1. The summed E-state index contributed by atoms with van der Waals surface area (Å²) in [5, 5.41) is 8.42. The third kappa shape index (κ3) is 2.46. The van der Waals surface area contributed by atoms with Crippen LogP contribution in [0.4, 0.5) is 5.82 Å². The largest absolute Gasteiger partial charge is 0.273 e. The predicted molar refractivity (Wildman–Crippen MR) is 97.3 cm³/mol. The first-order chi connectivity index (χ1) is 11.6. The van der Waals surface area contributed by atoms with Crippen molar-refractivity contribution in [3.8, 4) is 0 Å². The van der Waals surface area contributed by atoms with Gasteiger partial charge in [-0.15, -0.1) is 0 Å². The first kappa shape index (κ1) is 15.7. The molecule has 2 aliphatic rings. The van der Waals surface area contributed by atoms with Gasteiger partial charge in [0.2, 0.25) is 0 Å². The second-order valence-electron chi connectivity index (χ2n) is 6.78. The van der Waals surface area contributed by atoms with Gasteiger partial charge >= 0.3 is 0 Å². The minimum atomic E-state index is -0.0280. The Labute approximate surface area is 145 Å². The Hall–Kier alpha value is -1.76. The third-order valence-electron chi connectivity index (χ3n) is 5.25. The number of aromatic nitrogens is 4. The number of nitrogens with zero attached hydrogens (tertiary/aromatic N) is 4. The maximum Gasteiger partial charge on any atom is 0.271 e. The number of H-pyrrole nitrogens is 1. The summed E-state index contributed by atoms with van der Waals surface area (Å²) >= 11 is 1.65. The maximum atomic E-state index is 12.7. The summed E-state index contributed by atoms with van der Waals surface area (Å²) in [6.07, 6.45) is 7.86. The van der Waals surface area contributed by atoms with Crippen LogP contribution in [0.15, 0.2) is 16.0 Å². The minimum Gasteiger partial charge on any atom is -0.273 e. The smallest absolute Gasteiger partial charge is 0.271 e. The van der Waals surface area contributed by atoms with Gasteiger partial charge < -0.3 is 0 Å². The highest BCUT2D eigenvalue weighted by Crippen LogP contribution is 2.45. The van der Waals surface area contributed by atoms with Gasteiger partial charge in [-0.25, -0.2) is 4.99 Å². The fourth-order valence-electron chi connectivity index (χ4n) is 3.80. The monoisotopic (exact) mass is 345 g/mol. The number of nitrogens with one attached hydrogen (secondary N) is 1. The molecule has 7 heteroatoms. The van der Waals surface area contributed by atoms with Crippen LogP contribution in [0.5, 0.6) is 0 Å². The van der Waals surface area contributed by atoms with Crippen LogP contribution in [0, 0.1) is 6.92 Å². The lowest BCUT2D eigenvalue weighted by Gasteiger charge is -2.26. The Morgan fingerprint density at radius 3 is 2.67 bits per heavy atom. The van der Waals surface area contributed by atoms with Crippen LogP contribution in [0.2, 0.25) is 0 Å². The zero-order chi connectivity index (χ0) is 16.8. The molecule has 4 rings (SSSR count). The van der Waals surface area contributed by atoms with E-state index in [4.69, 9.17) is 4.99 Å². The minimum absolute atomic E-state index is 0.00687. The lowest BCUT2D eigenvalue weighted by atomic mass is 9.95. The number of rotatable bonds is 2. The Bertz CT molecular complexity index is 853. The first-order valence-corrected chi connectivity index (χ1v) is 9.49. The summed E-state index contributed by atoms with van der Waals surface area (Å²) in [5.41, 5.74) is 2.97. The number of hydrogen-bond donors (Lipinski definition) is 1. The molecule has 0 aromatic carbocycles. The highest BCUT2D eigenvalue weighted by atomic mass is 32.2. The Kier molecular flexibility index (Phi) is 3.90. The summed E-state index contributed by atoms with van der Waals surface area (Å²) in [5.74, 6) is 0.830. The summed E-state index contributed by atoms with van der Waals surface area (Å²) in [4.78, 5) is 17.5. The Morgan fingerprint density at radius 1 is 1.25 bits per heavy atom. The van der Waals surface area contributed by atoms with Crippen LogP contribution >= 0.6 is 11.8 Å². The van der Waals surface area contributed by atoms with Gasteiger partial charge in [-0.3, -0.25) is 19.3 Å². The third-order valence-corrected chi connectivity index (χ3v) is 6.40. The summed E-state index contributed by atoms with van der Waals surface area (Å²) in [6, 6.07) is 0.366. The molecule has 0 saturated heterocycles. The van der Waals surface area contributed by atoms with Gasteiger partial charge in [-0.2, -0.15) is 5.10 Å². The van der Waals surface area contributed by atoms with Crippen molar-refractivity contribution in [2.45, 2.75) is 57.2 Å². The number of fused-ring (bicyclic) bond motifs is 1. The lowest BCUT2D eigenvalue weighted by molar-refractivity contribution is 0.331. The molecule has 6 nitrogen and oxygen atoms in total. The molecule has 1 aliphatic carbocycles. The number of aromatic amines is 1. The second kappa shape index (κ2) is 5.95. The van der Waals surface area contributed by atoms with Gasteiger partial charge in [0, 0.05) is 18.3 Å². The van der Waals surface area contributed by atoms with Crippen molar-refractivity contribution in [2.24, 2.45) is 12.0 Å². The molecule has 3 heterocycles. The van der Waals surface area contributed by atoms with Crippen molar-refractivity contribution in [3.63, 3.8) is 0 Å². The van der Waals surface area contributed by atoms with Crippen LogP contribution in [-0.2, 0) is 7.05 Å². The zero-order valence-electron chi connectivity index (χ0n) is 14.4. The van der Waals surface area contributed by atoms with Gasteiger partial charge in [-0.05, 0) is 26.7 Å². The van der Waals surface area contributed by atoms with E-state index in [2.05, 4.69) is 17.1 Å². The van der Waals surface area contributed by atoms with Crippen molar-refractivity contribution in [1.29, 1.82) is 0 Å². The molecule has 128 valence electrons. The summed E-state index contributed by atoms with van der Waals surface area (Å²) < 4.78 is 3.90. The number of thioether (sulfide) groups is 1.